The van der Waals surface area contributed by atoms with Crippen molar-refractivity contribution in [3.63, 3.8) is 0 Å². The fourth-order valence-corrected chi connectivity index (χ4v) is 3.68. The van der Waals surface area contributed by atoms with E-state index < -0.39 is 0 Å². The molecule has 0 fully saturated rings. The quantitative estimate of drug-likeness (QED) is 0.631. The second-order valence-electron chi connectivity index (χ2n) is 5.65. The third-order valence-corrected chi connectivity index (χ3v) is 5.12. The molecule has 1 unspecified atom stereocenters. The number of aromatic nitrogens is 3. The Hall–Kier alpha value is -1.79. The summed E-state index contributed by atoms with van der Waals surface area (Å²) in [5, 5.41) is 5.13. The average molecular weight is 394 g/mol. The lowest BCUT2D eigenvalue weighted by molar-refractivity contribution is 0.0637. The molecular formula is C16H14BrClN4O. The van der Waals surface area contributed by atoms with Crippen LogP contribution in [0, 0.1) is 0 Å². The summed E-state index contributed by atoms with van der Waals surface area (Å²) in [7, 11) is 0. The summed E-state index contributed by atoms with van der Waals surface area (Å²) in [5.74, 6) is -0.0547. The lowest BCUT2D eigenvalue weighted by Gasteiger charge is -2.34. The molecule has 3 aromatic rings. The number of rotatable bonds is 1. The molecule has 23 heavy (non-hydrogen) atoms. The van der Waals surface area contributed by atoms with Crippen LogP contribution in [0.4, 0.5) is 0 Å². The molecule has 0 bridgehead atoms. The minimum atomic E-state index is -0.0547. The first kappa shape index (κ1) is 14.8. The van der Waals surface area contributed by atoms with Gasteiger partial charge in [0.25, 0.3) is 5.91 Å². The Kier molecular flexibility index (Phi) is 3.46. The van der Waals surface area contributed by atoms with Crippen molar-refractivity contribution in [3.8, 4) is 0 Å². The number of hydrogen-bond donors (Lipinski definition) is 0. The van der Waals surface area contributed by atoms with Crippen molar-refractivity contribution in [3.05, 3.63) is 57.5 Å². The molecular weight excluding hydrogens is 380 g/mol. The first-order valence-corrected chi connectivity index (χ1v) is 8.52. The molecule has 1 aliphatic heterocycles. The van der Waals surface area contributed by atoms with E-state index in [-0.39, 0.29) is 11.9 Å². The Morgan fingerprint density at radius 3 is 2.96 bits per heavy atom. The highest BCUT2D eigenvalue weighted by atomic mass is 79.9. The summed E-state index contributed by atoms with van der Waals surface area (Å²) in [6, 6.07) is 9.52. The topological polar surface area (TPSA) is 42.5 Å². The lowest BCUT2D eigenvalue weighted by atomic mass is 10.1. The number of amides is 1. The predicted molar refractivity (Wildman–Crippen MR) is 91.8 cm³/mol. The fourth-order valence-electron chi connectivity index (χ4n) is 3.11. The van der Waals surface area contributed by atoms with E-state index in [1.165, 1.54) is 0 Å². The molecule has 5 nitrogen and oxygen atoms in total. The molecule has 1 atom stereocenters. The Morgan fingerprint density at radius 2 is 2.13 bits per heavy atom. The normalized spacial score (nSPS) is 17.5. The van der Waals surface area contributed by atoms with Gasteiger partial charge in [-0.15, -0.1) is 0 Å². The van der Waals surface area contributed by atoms with E-state index in [0.29, 0.717) is 18.8 Å². The largest absolute Gasteiger partial charge is 0.332 e. The second kappa shape index (κ2) is 5.39. The van der Waals surface area contributed by atoms with E-state index in [1.807, 2.05) is 48.4 Å². The van der Waals surface area contributed by atoms with Gasteiger partial charge in [0.1, 0.15) is 5.15 Å². The van der Waals surface area contributed by atoms with Crippen molar-refractivity contribution in [2.45, 2.75) is 19.5 Å². The molecule has 0 spiro atoms. The molecule has 118 valence electrons. The smallest absolute Gasteiger partial charge is 0.275 e. The van der Waals surface area contributed by atoms with Crippen LogP contribution in [-0.2, 0) is 6.54 Å². The Balaban J connectivity index is 1.68. The van der Waals surface area contributed by atoms with Crippen molar-refractivity contribution in [1.82, 2.24) is 19.1 Å². The first-order chi connectivity index (χ1) is 11.0. The minimum absolute atomic E-state index is 0.0275. The second-order valence-corrected chi connectivity index (χ2v) is 6.96. The van der Waals surface area contributed by atoms with Gasteiger partial charge in [-0.05, 0) is 53.2 Å². The van der Waals surface area contributed by atoms with Gasteiger partial charge in [-0.3, -0.25) is 4.79 Å². The molecule has 1 amide bonds. The van der Waals surface area contributed by atoms with Gasteiger partial charge in [0.05, 0.1) is 11.6 Å². The van der Waals surface area contributed by atoms with Crippen LogP contribution in [0.2, 0.25) is 5.15 Å². The number of carbonyl (C=O) groups is 1. The molecule has 0 aromatic carbocycles. The number of pyridine rings is 1. The van der Waals surface area contributed by atoms with E-state index in [1.54, 1.807) is 4.52 Å². The highest BCUT2D eigenvalue weighted by Crippen LogP contribution is 2.30. The first-order valence-electron chi connectivity index (χ1n) is 7.35. The molecule has 0 N–H and O–H groups in total. The van der Waals surface area contributed by atoms with Crippen molar-refractivity contribution < 1.29 is 4.79 Å². The molecule has 1 aliphatic rings. The van der Waals surface area contributed by atoms with Crippen LogP contribution in [0.25, 0.3) is 5.52 Å². The Bertz CT molecular complexity index is 916. The third-order valence-electron chi connectivity index (χ3n) is 4.32. The molecule has 3 aromatic heterocycles. The van der Waals surface area contributed by atoms with E-state index in [9.17, 15) is 4.79 Å². The molecule has 7 heteroatoms. The molecule has 0 saturated carbocycles. The van der Waals surface area contributed by atoms with Gasteiger partial charge in [-0.2, -0.15) is 5.10 Å². The van der Waals surface area contributed by atoms with Gasteiger partial charge in [0.15, 0.2) is 5.69 Å². The van der Waals surface area contributed by atoms with Crippen LogP contribution in [0.3, 0.4) is 0 Å². The highest BCUT2D eigenvalue weighted by Gasteiger charge is 2.30. The lowest BCUT2D eigenvalue weighted by Crippen LogP contribution is -2.41. The summed E-state index contributed by atoms with van der Waals surface area (Å²) in [6.45, 7) is 3.35. The van der Waals surface area contributed by atoms with Gasteiger partial charge in [0, 0.05) is 29.5 Å². The minimum Gasteiger partial charge on any atom is -0.332 e. The maximum atomic E-state index is 12.9. The number of halogens is 2. The van der Waals surface area contributed by atoms with Gasteiger partial charge in [-0.1, -0.05) is 11.6 Å². The van der Waals surface area contributed by atoms with E-state index in [4.69, 9.17) is 11.6 Å². The van der Waals surface area contributed by atoms with E-state index >= 15 is 0 Å². The van der Waals surface area contributed by atoms with Crippen molar-refractivity contribution in [2.24, 2.45) is 0 Å². The highest BCUT2D eigenvalue weighted by molar-refractivity contribution is 9.10. The maximum Gasteiger partial charge on any atom is 0.275 e. The van der Waals surface area contributed by atoms with Crippen LogP contribution >= 0.6 is 27.5 Å². The summed E-state index contributed by atoms with van der Waals surface area (Å²) in [6.07, 6.45) is 1.84. The molecule has 0 aliphatic carbocycles. The fraction of sp³-hybridized carbons (Fsp3) is 0.250. The molecule has 4 rings (SSSR count). The van der Waals surface area contributed by atoms with Crippen LogP contribution in [0.1, 0.15) is 29.1 Å². The zero-order valence-corrected chi connectivity index (χ0v) is 14.8. The molecule has 0 saturated heterocycles. The summed E-state index contributed by atoms with van der Waals surface area (Å²) >= 11 is 9.59. The van der Waals surface area contributed by atoms with Gasteiger partial charge >= 0.3 is 0 Å². The molecule has 4 heterocycles. The maximum absolute atomic E-state index is 12.9. The molecule has 0 radical (unpaired) electrons. The summed E-state index contributed by atoms with van der Waals surface area (Å²) in [4.78, 5) is 14.7. The predicted octanol–water partition coefficient (Wildman–Crippen LogP) is 3.77. The number of hydrogen-bond acceptors (Lipinski definition) is 2. The number of carbonyl (C=O) groups excluding carboxylic acids is 1. The average Bonchev–Trinajstić information content (AvgIpc) is 3.11. The van der Waals surface area contributed by atoms with Crippen LogP contribution in [-0.4, -0.2) is 31.5 Å². The Morgan fingerprint density at radius 1 is 1.30 bits per heavy atom. The van der Waals surface area contributed by atoms with Crippen molar-refractivity contribution >= 4 is 39.0 Å². The summed E-state index contributed by atoms with van der Waals surface area (Å²) in [5.41, 5.74) is 2.41. The van der Waals surface area contributed by atoms with E-state index in [2.05, 4.69) is 25.6 Å². The van der Waals surface area contributed by atoms with Crippen LogP contribution in [0.15, 0.2) is 41.0 Å². The zero-order chi connectivity index (χ0) is 16.1. The van der Waals surface area contributed by atoms with Crippen LogP contribution < -0.4 is 0 Å². The van der Waals surface area contributed by atoms with Gasteiger partial charge in [0.2, 0.25) is 0 Å². The van der Waals surface area contributed by atoms with Gasteiger partial charge < -0.3 is 9.47 Å². The monoisotopic (exact) mass is 392 g/mol. The van der Waals surface area contributed by atoms with Crippen molar-refractivity contribution in [2.75, 3.05) is 6.54 Å². The number of nitrogens with zero attached hydrogens (tertiary/aromatic N) is 4. The standard InChI is InChI=1S/C16H14BrClN4O/c1-10-14-4-5-15(18)21(14)7-6-20(10)16(23)13-8-12-3-2-11(17)9-22(12)19-13/h2-5,8-10H,6-7H2,1H3. The summed E-state index contributed by atoms with van der Waals surface area (Å²) < 4.78 is 4.69. The number of fused-ring (bicyclic) bond motifs is 2. The van der Waals surface area contributed by atoms with Gasteiger partial charge in [-0.25, -0.2) is 4.52 Å². The third kappa shape index (κ3) is 2.37. The SMILES string of the molecule is CC1c2ccc(Cl)n2CCN1C(=O)c1cc2ccc(Br)cn2n1. The Labute approximate surface area is 146 Å². The van der Waals surface area contributed by atoms with E-state index in [0.717, 1.165) is 20.8 Å². The van der Waals surface area contributed by atoms with Crippen molar-refractivity contribution in [1.29, 1.82) is 0 Å². The van der Waals surface area contributed by atoms with Crippen LogP contribution in [0.5, 0.6) is 0 Å². The zero-order valence-electron chi connectivity index (χ0n) is 12.4.